The van der Waals surface area contributed by atoms with Crippen molar-refractivity contribution in [2.75, 3.05) is 20.8 Å². The van der Waals surface area contributed by atoms with Gasteiger partial charge in [-0.05, 0) is 0 Å². The summed E-state index contributed by atoms with van der Waals surface area (Å²) in [6, 6.07) is 0. The highest BCUT2D eigenvalue weighted by atomic mass is 16.7. The maximum absolute atomic E-state index is 10.4. The van der Waals surface area contributed by atoms with E-state index >= 15 is 0 Å². The molecule has 0 bridgehead atoms. The van der Waals surface area contributed by atoms with Crippen molar-refractivity contribution >= 4 is 12.6 Å². The Labute approximate surface area is 81.8 Å². The van der Waals surface area contributed by atoms with Crippen molar-refractivity contribution in [2.24, 2.45) is 0 Å². The molecular weight excluding hydrogens is 192 g/mol. The summed E-state index contributed by atoms with van der Waals surface area (Å²) in [5, 5.41) is 8.86. The van der Waals surface area contributed by atoms with Crippen molar-refractivity contribution in [3.8, 4) is 0 Å². The van der Waals surface area contributed by atoms with Gasteiger partial charge in [-0.2, -0.15) is 0 Å². The van der Waals surface area contributed by atoms with Crippen LogP contribution in [-0.4, -0.2) is 57.0 Å². The molecule has 6 nitrogen and oxygen atoms in total. The monoisotopic (exact) mass is 206 g/mol. The van der Waals surface area contributed by atoms with E-state index in [9.17, 15) is 9.59 Å². The Kier molecular flexibility index (Phi) is 7.13. The van der Waals surface area contributed by atoms with Crippen molar-refractivity contribution in [3.05, 3.63) is 0 Å². The van der Waals surface area contributed by atoms with Gasteiger partial charge in [0.15, 0.2) is 12.6 Å². The van der Waals surface area contributed by atoms with Crippen molar-refractivity contribution in [1.82, 2.24) is 0 Å². The average Bonchev–Trinajstić information content (AvgIpc) is 2.24. The second kappa shape index (κ2) is 7.57. The zero-order chi connectivity index (χ0) is 11.0. The fraction of sp³-hybridized carbons (Fsp3) is 0.750. The summed E-state index contributed by atoms with van der Waals surface area (Å²) < 4.78 is 14.3. The van der Waals surface area contributed by atoms with Gasteiger partial charge in [-0.25, -0.2) is 0 Å². The highest BCUT2D eigenvalue weighted by Crippen LogP contribution is 2.04. The van der Waals surface area contributed by atoms with Crippen molar-refractivity contribution < 1.29 is 28.9 Å². The van der Waals surface area contributed by atoms with Crippen LogP contribution in [0.4, 0.5) is 0 Å². The number of aliphatic hydroxyl groups is 1. The number of aliphatic hydroxyl groups excluding tert-OH is 1. The Bertz CT molecular complexity index is 171. The van der Waals surface area contributed by atoms with Crippen LogP contribution in [0.5, 0.6) is 0 Å². The van der Waals surface area contributed by atoms with E-state index < -0.39 is 25.1 Å². The molecule has 82 valence electrons. The molecule has 0 aromatic carbocycles. The van der Waals surface area contributed by atoms with E-state index in [4.69, 9.17) is 14.6 Å². The summed E-state index contributed by atoms with van der Waals surface area (Å²) in [6.07, 6.45) is -2.03. The number of hydrogen-bond donors (Lipinski definition) is 1. The third-order valence-corrected chi connectivity index (χ3v) is 1.60. The molecule has 0 aliphatic carbocycles. The van der Waals surface area contributed by atoms with E-state index in [1.165, 1.54) is 14.2 Å². The molecule has 0 aromatic heterocycles. The molecular formula is C8H14O6. The van der Waals surface area contributed by atoms with E-state index in [-0.39, 0.29) is 0 Å². The molecule has 0 radical (unpaired) electrons. The molecule has 3 atom stereocenters. The van der Waals surface area contributed by atoms with Gasteiger partial charge in [0.2, 0.25) is 6.29 Å². The fourth-order valence-electron chi connectivity index (χ4n) is 0.835. The van der Waals surface area contributed by atoms with Gasteiger partial charge in [0, 0.05) is 14.2 Å². The lowest BCUT2D eigenvalue weighted by Crippen LogP contribution is -2.39. The topological polar surface area (TPSA) is 82.1 Å². The van der Waals surface area contributed by atoms with Crippen molar-refractivity contribution in [3.63, 3.8) is 0 Å². The van der Waals surface area contributed by atoms with E-state index in [0.29, 0.717) is 12.6 Å². The largest absolute Gasteiger partial charge is 0.394 e. The number of ether oxygens (including phenoxy) is 3. The minimum atomic E-state index is -1.11. The van der Waals surface area contributed by atoms with E-state index in [1.54, 1.807) is 0 Å². The summed E-state index contributed by atoms with van der Waals surface area (Å²) in [5.74, 6) is 0. The predicted octanol–water partition coefficient (Wildman–Crippen LogP) is -1.25. The first-order valence-electron chi connectivity index (χ1n) is 3.96. The maximum Gasteiger partial charge on any atom is 0.214 e. The van der Waals surface area contributed by atoms with Crippen LogP contribution < -0.4 is 0 Å². The fourth-order valence-corrected chi connectivity index (χ4v) is 0.835. The molecule has 0 amide bonds. The second-order valence-electron chi connectivity index (χ2n) is 2.43. The Morgan fingerprint density at radius 2 is 1.86 bits per heavy atom. The molecule has 0 saturated carbocycles. The van der Waals surface area contributed by atoms with Crippen LogP contribution in [0.1, 0.15) is 0 Å². The zero-order valence-corrected chi connectivity index (χ0v) is 8.08. The lowest BCUT2D eigenvalue weighted by atomic mass is 10.2. The normalized spacial score (nSPS) is 17.1. The summed E-state index contributed by atoms with van der Waals surface area (Å²) in [6.45, 7) is -0.440. The van der Waals surface area contributed by atoms with Crippen LogP contribution in [0.2, 0.25) is 0 Å². The van der Waals surface area contributed by atoms with Gasteiger partial charge >= 0.3 is 0 Å². The molecule has 6 heteroatoms. The Morgan fingerprint density at radius 1 is 1.21 bits per heavy atom. The maximum atomic E-state index is 10.4. The molecule has 0 spiro atoms. The summed E-state index contributed by atoms with van der Waals surface area (Å²) >= 11 is 0. The molecule has 0 fully saturated rings. The van der Waals surface area contributed by atoms with Crippen LogP contribution in [0.15, 0.2) is 0 Å². The first-order valence-corrected chi connectivity index (χ1v) is 3.96. The molecule has 3 unspecified atom stereocenters. The number of methoxy groups -OCH3 is 2. The quantitative estimate of drug-likeness (QED) is 0.394. The van der Waals surface area contributed by atoms with Gasteiger partial charge in [-0.15, -0.1) is 0 Å². The summed E-state index contributed by atoms with van der Waals surface area (Å²) in [7, 11) is 2.57. The molecule has 14 heavy (non-hydrogen) atoms. The van der Waals surface area contributed by atoms with Crippen LogP contribution in [-0.2, 0) is 23.8 Å². The zero-order valence-electron chi connectivity index (χ0n) is 8.08. The third-order valence-electron chi connectivity index (χ3n) is 1.60. The Morgan fingerprint density at radius 3 is 2.14 bits per heavy atom. The van der Waals surface area contributed by atoms with Crippen LogP contribution >= 0.6 is 0 Å². The van der Waals surface area contributed by atoms with Gasteiger partial charge in [0.1, 0.15) is 12.2 Å². The van der Waals surface area contributed by atoms with Gasteiger partial charge < -0.3 is 24.1 Å². The molecule has 0 rings (SSSR count). The van der Waals surface area contributed by atoms with Crippen molar-refractivity contribution in [2.45, 2.75) is 18.5 Å². The molecule has 0 aliphatic rings. The van der Waals surface area contributed by atoms with Gasteiger partial charge in [-0.3, -0.25) is 4.79 Å². The Hall–Kier alpha value is -0.820. The first kappa shape index (κ1) is 13.2. The minimum absolute atomic E-state index is 0.417. The molecule has 0 aliphatic heterocycles. The average molecular weight is 206 g/mol. The van der Waals surface area contributed by atoms with Gasteiger partial charge in [-0.1, -0.05) is 0 Å². The minimum Gasteiger partial charge on any atom is -0.394 e. The predicted molar refractivity (Wildman–Crippen MR) is 45.7 cm³/mol. The van der Waals surface area contributed by atoms with Crippen molar-refractivity contribution in [1.29, 1.82) is 0 Å². The highest BCUT2D eigenvalue weighted by Gasteiger charge is 2.24. The number of carbonyl (C=O) groups excluding carboxylic acids is 2. The number of rotatable bonds is 8. The van der Waals surface area contributed by atoms with Crippen LogP contribution in [0, 0.1) is 0 Å². The smallest absolute Gasteiger partial charge is 0.214 e. The lowest BCUT2D eigenvalue weighted by Gasteiger charge is -2.22. The van der Waals surface area contributed by atoms with Gasteiger partial charge in [0.05, 0.1) is 6.61 Å². The molecule has 0 saturated heterocycles. The SMILES string of the molecule is COC(C=O)OC(CO)C(C=O)OC. The standard InChI is InChI=1S/C8H14O6/c1-12-6(3-9)7(4-10)14-8(5-11)13-2/h3,5-8,10H,4H2,1-2H3. The molecule has 1 N–H and O–H groups in total. The van der Waals surface area contributed by atoms with E-state index in [2.05, 4.69) is 4.74 Å². The number of aldehydes is 2. The van der Waals surface area contributed by atoms with Crippen LogP contribution in [0.3, 0.4) is 0 Å². The second-order valence-corrected chi connectivity index (χ2v) is 2.43. The molecule has 0 aromatic rings. The lowest BCUT2D eigenvalue weighted by molar-refractivity contribution is -0.187. The highest BCUT2D eigenvalue weighted by molar-refractivity contribution is 5.57. The molecule has 0 heterocycles. The Balaban J connectivity index is 4.24. The van der Waals surface area contributed by atoms with E-state index in [1.807, 2.05) is 0 Å². The van der Waals surface area contributed by atoms with Crippen LogP contribution in [0.25, 0.3) is 0 Å². The number of carbonyl (C=O) groups is 2. The first-order chi connectivity index (χ1) is 6.73. The number of hydrogen-bond acceptors (Lipinski definition) is 6. The summed E-state index contributed by atoms with van der Waals surface area (Å²) in [4.78, 5) is 20.8. The van der Waals surface area contributed by atoms with Gasteiger partial charge in [0.25, 0.3) is 0 Å². The van der Waals surface area contributed by atoms with E-state index in [0.717, 1.165) is 0 Å². The summed E-state index contributed by atoms with van der Waals surface area (Å²) in [5.41, 5.74) is 0. The third kappa shape index (κ3) is 3.93.